The molecular weight excluding hydrogens is 292 g/mol. The monoisotopic (exact) mass is 306 g/mol. The van der Waals surface area contributed by atoms with Gasteiger partial charge < -0.3 is 16.2 Å². The van der Waals surface area contributed by atoms with Crippen LogP contribution in [-0.2, 0) is 0 Å². The van der Waals surface area contributed by atoms with Gasteiger partial charge in [-0.2, -0.15) is 0 Å². The third-order valence-electron chi connectivity index (χ3n) is 2.43. The van der Waals surface area contributed by atoms with Crippen LogP contribution < -0.4 is 16.2 Å². The molecule has 1 heterocycles. The van der Waals surface area contributed by atoms with E-state index >= 15 is 0 Å². The molecule has 0 spiro atoms. The Morgan fingerprint density at radius 3 is 2.33 bits per heavy atom. The average molecular weight is 307 g/mol. The number of halogens is 1. The van der Waals surface area contributed by atoms with Gasteiger partial charge in [0, 0.05) is 18.0 Å². The van der Waals surface area contributed by atoms with Gasteiger partial charge >= 0.3 is 0 Å². The zero-order valence-corrected chi connectivity index (χ0v) is 12.1. The van der Waals surface area contributed by atoms with Crippen molar-refractivity contribution in [2.24, 2.45) is 21.7 Å². The standard InChI is InChI=1S/C13H14N6O.ClH/c1-20-10-4-2-9(3-5-10)12(18-19-13(14)15)11-8-16-6-7-17-11;/h2-8H,1H3,(H4,14,15,19);1H. The lowest BCUT2D eigenvalue weighted by Crippen LogP contribution is -2.22. The van der Waals surface area contributed by atoms with Crippen molar-refractivity contribution in [3.63, 3.8) is 0 Å². The first kappa shape index (κ1) is 16.4. The van der Waals surface area contributed by atoms with Crippen molar-refractivity contribution >= 4 is 24.1 Å². The van der Waals surface area contributed by atoms with Crippen LogP contribution in [0.25, 0.3) is 0 Å². The second kappa shape index (κ2) is 7.81. The number of rotatable bonds is 4. The highest BCUT2D eigenvalue weighted by atomic mass is 35.5. The Morgan fingerprint density at radius 2 is 1.81 bits per heavy atom. The van der Waals surface area contributed by atoms with Crippen molar-refractivity contribution in [2.45, 2.75) is 0 Å². The molecule has 8 heteroatoms. The van der Waals surface area contributed by atoms with Gasteiger partial charge in [-0.3, -0.25) is 9.97 Å². The van der Waals surface area contributed by atoms with Gasteiger partial charge in [0.2, 0.25) is 5.96 Å². The number of hydrogen-bond acceptors (Lipinski definition) is 5. The molecule has 7 nitrogen and oxygen atoms in total. The van der Waals surface area contributed by atoms with Crippen LogP contribution in [0.3, 0.4) is 0 Å². The van der Waals surface area contributed by atoms with Crippen LogP contribution in [0.5, 0.6) is 5.75 Å². The molecule has 1 aromatic heterocycles. The Balaban J connectivity index is 0.00000220. The van der Waals surface area contributed by atoms with Gasteiger partial charge in [0.1, 0.15) is 17.2 Å². The summed E-state index contributed by atoms with van der Waals surface area (Å²) in [7, 11) is 1.60. The minimum absolute atomic E-state index is 0. The topological polar surface area (TPSA) is 112 Å². The third-order valence-corrected chi connectivity index (χ3v) is 2.43. The van der Waals surface area contributed by atoms with E-state index in [1.165, 1.54) is 0 Å². The maximum Gasteiger partial charge on any atom is 0.211 e. The molecule has 0 saturated carbocycles. The summed E-state index contributed by atoms with van der Waals surface area (Å²) in [5.41, 5.74) is 12.5. The Morgan fingerprint density at radius 1 is 1.10 bits per heavy atom. The summed E-state index contributed by atoms with van der Waals surface area (Å²) in [5.74, 6) is 0.619. The number of hydrogen-bond donors (Lipinski definition) is 2. The largest absolute Gasteiger partial charge is 0.497 e. The summed E-state index contributed by atoms with van der Waals surface area (Å²) in [5, 5.41) is 7.71. The SMILES string of the molecule is COc1ccc(C(=NN=C(N)N)c2cnccn2)cc1.Cl. The molecule has 0 aliphatic carbocycles. The van der Waals surface area contributed by atoms with Gasteiger partial charge in [0.25, 0.3) is 0 Å². The molecule has 0 aliphatic rings. The van der Waals surface area contributed by atoms with Crippen LogP contribution in [0.15, 0.2) is 53.1 Å². The first-order valence-corrected chi connectivity index (χ1v) is 5.78. The summed E-state index contributed by atoms with van der Waals surface area (Å²) in [4.78, 5) is 8.21. The Kier molecular flexibility index (Phi) is 6.09. The maximum atomic E-state index is 5.31. The Hall–Kier alpha value is -2.67. The van der Waals surface area contributed by atoms with E-state index < -0.39 is 0 Å². The number of methoxy groups -OCH3 is 1. The van der Waals surface area contributed by atoms with Crippen molar-refractivity contribution < 1.29 is 4.74 Å². The molecule has 4 N–H and O–H groups in total. The summed E-state index contributed by atoms with van der Waals surface area (Å²) >= 11 is 0. The van der Waals surface area contributed by atoms with E-state index in [-0.39, 0.29) is 18.4 Å². The molecule has 2 rings (SSSR count). The van der Waals surface area contributed by atoms with Crippen molar-refractivity contribution in [3.8, 4) is 5.75 Å². The van der Waals surface area contributed by atoms with E-state index in [4.69, 9.17) is 16.2 Å². The van der Waals surface area contributed by atoms with E-state index in [0.29, 0.717) is 11.4 Å². The zero-order chi connectivity index (χ0) is 14.4. The lowest BCUT2D eigenvalue weighted by atomic mass is 10.1. The van der Waals surface area contributed by atoms with Gasteiger partial charge in [-0.25, -0.2) is 0 Å². The van der Waals surface area contributed by atoms with Gasteiger partial charge in [0.15, 0.2) is 0 Å². The molecule has 0 fully saturated rings. The summed E-state index contributed by atoms with van der Waals surface area (Å²) in [6.07, 6.45) is 4.74. The average Bonchev–Trinajstić information content (AvgIpc) is 2.49. The summed E-state index contributed by atoms with van der Waals surface area (Å²) in [6, 6.07) is 7.32. The second-order valence-electron chi connectivity index (χ2n) is 3.79. The van der Waals surface area contributed by atoms with Gasteiger partial charge in [-0.15, -0.1) is 22.6 Å². The van der Waals surface area contributed by atoms with Crippen LogP contribution in [0, 0.1) is 0 Å². The van der Waals surface area contributed by atoms with E-state index in [1.807, 2.05) is 24.3 Å². The van der Waals surface area contributed by atoms with Crippen molar-refractivity contribution in [1.82, 2.24) is 9.97 Å². The molecule has 2 aromatic rings. The quantitative estimate of drug-likeness (QED) is 0.496. The summed E-state index contributed by atoms with van der Waals surface area (Å²) in [6.45, 7) is 0. The highest BCUT2D eigenvalue weighted by Crippen LogP contribution is 2.14. The first-order valence-electron chi connectivity index (χ1n) is 5.78. The number of ether oxygens (including phenoxy) is 1. The van der Waals surface area contributed by atoms with Crippen molar-refractivity contribution in [2.75, 3.05) is 7.11 Å². The summed E-state index contributed by atoms with van der Waals surface area (Å²) < 4.78 is 5.12. The third kappa shape index (κ3) is 4.43. The number of aromatic nitrogens is 2. The van der Waals surface area contributed by atoms with Crippen LogP contribution >= 0.6 is 12.4 Å². The molecule has 0 aliphatic heterocycles. The zero-order valence-electron chi connectivity index (χ0n) is 11.3. The van der Waals surface area contributed by atoms with Gasteiger partial charge in [0.05, 0.1) is 13.3 Å². The number of benzene rings is 1. The highest BCUT2D eigenvalue weighted by Gasteiger charge is 2.09. The van der Waals surface area contributed by atoms with Crippen molar-refractivity contribution in [3.05, 3.63) is 54.1 Å². The lowest BCUT2D eigenvalue weighted by Gasteiger charge is -2.05. The molecule has 0 saturated heterocycles. The number of nitrogens with two attached hydrogens (primary N) is 2. The molecule has 110 valence electrons. The van der Waals surface area contributed by atoms with E-state index in [2.05, 4.69) is 20.2 Å². The fourth-order valence-electron chi connectivity index (χ4n) is 1.53. The first-order chi connectivity index (χ1) is 9.70. The Labute approximate surface area is 128 Å². The molecule has 1 aromatic carbocycles. The Bertz CT molecular complexity index is 623. The lowest BCUT2D eigenvalue weighted by molar-refractivity contribution is 0.415. The van der Waals surface area contributed by atoms with E-state index in [0.717, 1.165) is 11.3 Å². The molecule has 21 heavy (non-hydrogen) atoms. The number of nitrogens with zero attached hydrogens (tertiary/aromatic N) is 4. The van der Waals surface area contributed by atoms with Crippen LogP contribution in [0.2, 0.25) is 0 Å². The minimum atomic E-state index is -0.125. The fourth-order valence-corrected chi connectivity index (χ4v) is 1.53. The minimum Gasteiger partial charge on any atom is -0.497 e. The van der Waals surface area contributed by atoms with Crippen LogP contribution in [-0.4, -0.2) is 28.7 Å². The molecule has 0 bridgehead atoms. The molecule has 0 unspecified atom stereocenters. The molecule has 0 atom stereocenters. The van der Waals surface area contributed by atoms with E-state index in [9.17, 15) is 0 Å². The van der Waals surface area contributed by atoms with Crippen LogP contribution in [0.1, 0.15) is 11.3 Å². The normalized spacial score (nSPS) is 10.4. The fraction of sp³-hybridized carbons (Fsp3) is 0.0769. The number of guanidine groups is 1. The van der Waals surface area contributed by atoms with E-state index in [1.54, 1.807) is 25.7 Å². The van der Waals surface area contributed by atoms with Gasteiger partial charge in [-0.05, 0) is 24.3 Å². The second-order valence-corrected chi connectivity index (χ2v) is 3.79. The van der Waals surface area contributed by atoms with Crippen LogP contribution in [0.4, 0.5) is 0 Å². The smallest absolute Gasteiger partial charge is 0.211 e. The van der Waals surface area contributed by atoms with Crippen molar-refractivity contribution in [1.29, 1.82) is 0 Å². The highest BCUT2D eigenvalue weighted by molar-refractivity contribution is 6.11. The predicted octanol–water partition coefficient (Wildman–Crippen LogP) is 0.933. The molecular formula is C13H15ClN6O. The molecule has 0 radical (unpaired) electrons. The predicted molar refractivity (Wildman–Crippen MR) is 83.7 cm³/mol. The van der Waals surface area contributed by atoms with Gasteiger partial charge in [-0.1, -0.05) is 0 Å². The maximum absolute atomic E-state index is 5.31. The molecule has 0 amide bonds.